The van der Waals surface area contributed by atoms with Crippen LogP contribution in [0.1, 0.15) is 32.8 Å². The second-order valence-corrected chi connectivity index (χ2v) is 19.5. The number of nitrogens with two attached hydrogens (primary N) is 2. The molecule has 0 aromatic heterocycles. The van der Waals surface area contributed by atoms with E-state index < -0.39 is 40.6 Å². The van der Waals surface area contributed by atoms with Crippen molar-refractivity contribution in [3.63, 3.8) is 0 Å². The Bertz CT molecular complexity index is 1850. The number of carbonyl (C=O) groups is 3. The average molecular weight is 952 g/mol. The second-order valence-electron chi connectivity index (χ2n) is 13.8. The molecule has 1 spiro atoms. The first-order valence-corrected chi connectivity index (χ1v) is 23.1. The third-order valence-corrected chi connectivity index (χ3v) is 18.4. The summed E-state index contributed by atoms with van der Waals surface area (Å²) >= 11 is 1.84. The number of rotatable bonds is 16. The topological polar surface area (TPSA) is 165 Å². The van der Waals surface area contributed by atoms with Gasteiger partial charge in [-0.05, 0) is 42.5 Å². The summed E-state index contributed by atoms with van der Waals surface area (Å²) in [5.74, 6) is -0.962. The van der Waals surface area contributed by atoms with Gasteiger partial charge in [0.1, 0.15) is 17.6 Å². The number of nitrogens with one attached hydrogen (secondary N) is 1. The Balaban J connectivity index is 1.24. The van der Waals surface area contributed by atoms with Crippen molar-refractivity contribution in [2.24, 2.45) is 11.7 Å². The van der Waals surface area contributed by atoms with Crippen LogP contribution in [0, 0.1) is 5.92 Å². The Morgan fingerprint density at radius 2 is 2.02 bits per heavy atom. The van der Waals surface area contributed by atoms with Crippen LogP contribution in [0.2, 0.25) is 0 Å². The number of alkyl halides is 3. The average Bonchev–Trinajstić information content (AvgIpc) is 3.72. The van der Waals surface area contributed by atoms with Crippen LogP contribution in [0.5, 0.6) is 0 Å². The van der Waals surface area contributed by atoms with Gasteiger partial charge in [-0.15, -0.1) is 0 Å². The summed E-state index contributed by atoms with van der Waals surface area (Å²) in [4.78, 5) is 41.0. The van der Waals surface area contributed by atoms with Crippen LogP contribution in [0.3, 0.4) is 0 Å². The minimum absolute atomic E-state index is 0.0196. The van der Waals surface area contributed by atoms with Crippen molar-refractivity contribution in [2.75, 3.05) is 72.9 Å². The maximum atomic E-state index is 14.3. The molecule has 2 fully saturated rings. The standard InChI is InChI=1S/C35H48I2N6O7S/c1-5-43(20-36,17-15-39-18-29(44)40-14-7-13-38)16-12-24-10-11-28-30-25(24)8-6-9-27(30)41(51(28,47)48)19-26-22(2)32-35(23(3)50-21-37-35)34(46)42(32)31(26)33(45)49-4/h6,8-11,22-23,32,39H,5,7,12-21,38H2,1-4H3,(H,40,44)/p+1. The first-order chi connectivity index (χ1) is 24.4. The Morgan fingerprint density at radius 3 is 2.69 bits per heavy atom. The fraction of sp³-hybridized carbons (Fsp3) is 0.571. The molecule has 5 N–H and O–H groups in total. The van der Waals surface area contributed by atoms with Gasteiger partial charge >= 0.3 is 215 Å². The quantitative estimate of drug-likeness (QED) is 0.0321. The van der Waals surface area contributed by atoms with Crippen molar-refractivity contribution in [3.8, 4) is 0 Å². The summed E-state index contributed by atoms with van der Waals surface area (Å²) in [5, 5.41) is 6.55. The molecule has 2 aromatic carbocycles. The number of carbonyl (C=O) groups excluding carboxylic acids is 3. The molecule has 4 aliphatic heterocycles. The summed E-state index contributed by atoms with van der Waals surface area (Å²) < 4.78 is 42.8. The zero-order valence-electron chi connectivity index (χ0n) is 29.6. The number of likely N-dealkylation sites (N-methyl/N-ethyl adjacent to an activating group) is 1. The van der Waals surface area contributed by atoms with Crippen molar-refractivity contribution in [1.29, 1.82) is 0 Å². The van der Waals surface area contributed by atoms with Gasteiger partial charge in [0.25, 0.3) is 5.91 Å². The Kier molecular flexibility index (Phi) is 11.6. The molecule has 16 heteroatoms. The molecule has 5 atom stereocenters. The fourth-order valence-corrected chi connectivity index (χ4v) is 14.8. The number of quaternary nitrogens is 2. The Morgan fingerprint density at radius 1 is 1.24 bits per heavy atom. The van der Waals surface area contributed by atoms with Crippen LogP contribution in [-0.2, 0) is 40.3 Å². The first kappa shape index (κ1) is 38.6. The molecule has 13 nitrogen and oxygen atoms in total. The number of hydrogen-bond donors (Lipinski definition) is 3. The number of nitrogens with zero attached hydrogens (tertiary/aromatic N) is 3. The fourth-order valence-electron chi connectivity index (χ4n) is 8.11. The van der Waals surface area contributed by atoms with E-state index in [4.69, 9.17) is 15.2 Å². The van der Waals surface area contributed by atoms with E-state index in [9.17, 15) is 22.8 Å². The maximum absolute atomic E-state index is 14.3. The molecule has 0 bridgehead atoms. The summed E-state index contributed by atoms with van der Waals surface area (Å²) in [5.41, 5.74) is 7.95. The normalized spacial score (nSPS) is 25.9. The number of ether oxygens (including phenoxy) is 2. The van der Waals surface area contributed by atoms with E-state index in [0.717, 1.165) is 59.0 Å². The van der Waals surface area contributed by atoms with E-state index in [2.05, 4.69) is 40.1 Å². The Hall–Kier alpha value is -2.10. The van der Waals surface area contributed by atoms with Crippen LogP contribution in [0.4, 0.5) is 5.69 Å². The van der Waals surface area contributed by atoms with Crippen molar-refractivity contribution < 1.29 is 63.3 Å². The van der Waals surface area contributed by atoms with Gasteiger partial charge in [0, 0.05) is 6.54 Å². The first-order valence-electron chi connectivity index (χ1n) is 17.6. The number of amides is 2. The summed E-state index contributed by atoms with van der Waals surface area (Å²) in [6.45, 7) is 11.1. The third kappa shape index (κ3) is 6.47. The number of halogens is 2. The molecule has 4 heterocycles. The number of sulfonamides is 1. The van der Waals surface area contributed by atoms with E-state index in [1.807, 2.05) is 38.1 Å². The van der Waals surface area contributed by atoms with Crippen LogP contribution in [0.25, 0.3) is 10.8 Å². The molecule has 0 aliphatic carbocycles. The number of benzene rings is 2. The molecule has 0 radical (unpaired) electrons. The molecule has 6 rings (SSSR count). The van der Waals surface area contributed by atoms with E-state index in [1.165, 1.54) is 11.4 Å². The van der Waals surface area contributed by atoms with Gasteiger partial charge in [-0.25, -0.2) is 0 Å². The van der Waals surface area contributed by atoms with Crippen LogP contribution in [0.15, 0.2) is 46.5 Å². The zero-order chi connectivity index (χ0) is 36.7. The number of hydrogen-bond acceptors (Lipinski definition) is 8. The van der Waals surface area contributed by atoms with Crippen molar-refractivity contribution in [1.82, 2.24) is 10.2 Å². The van der Waals surface area contributed by atoms with Gasteiger partial charge < -0.3 is 20.9 Å². The number of methoxy groups -OCH3 is 1. The molecule has 4 aliphatic rings. The van der Waals surface area contributed by atoms with Gasteiger partial charge in [-0.2, -0.15) is 0 Å². The molecule has 51 heavy (non-hydrogen) atoms. The van der Waals surface area contributed by atoms with Crippen molar-refractivity contribution in [3.05, 3.63) is 47.2 Å². The van der Waals surface area contributed by atoms with Crippen molar-refractivity contribution in [2.45, 2.75) is 54.1 Å². The minimum atomic E-state index is -3.95. The number of esters is 1. The summed E-state index contributed by atoms with van der Waals surface area (Å²) in [6, 6.07) is 9.13. The summed E-state index contributed by atoms with van der Waals surface area (Å²) in [6.07, 6.45) is 1.28. The van der Waals surface area contributed by atoms with Crippen LogP contribution in [-0.4, -0.2) is 120 Å². The molecule has 2 aromatic rings. The monoisotopic (exact) mass is 951 g/mol. The number of β-lactam (4-membered cyclic amide) rings is 1. The molecule has 5 unspecified atom stereocenters. The number of fused-ring (bicyclic) bond motifs is 2. The molecule has 2 saturated heterocycles. The van der Waals surface area contributed by atoms with E-state index >= 15 is 0 Å². The third-order valence-electron chi connectivity index (χ3n) is 11.2. The number of anilines is 1. The van der Waals surface area contributed by atoms with Crippen LogP contribution < -0.4 is 41.9 Å². The molecule has 0 saturated carbocycles. The molecule has 2 amide bonds. The zero-order valence-corrected chi connectivity index (χ0v) is 34.8. The van der Waals surface area contributed by atoms with Crippen molar-refractivity contribution >= 4 is 66.9 Å². The van der Waals surface area contributed by atoms with E-state index in [1.54, 1.807) is 11.0 Å². The SMILES string of the molecule is CC[N+](CI)(CC[NH2+]CC(=O)NCCCN)CCc1ccc2c3c(cccc13)N(CC1=C(C(=O)OC)N3C(=O)C4([I-]COC4C)C3C1C)S2(=O)=O. The van der Waals surface area contributed by atoms with Gasteiger partial charge in [-0.3, -0.25) is 4.79 Å². The predicted octanol–water partition coefficient (Wildman–Crippen LogP) is -2.36. The van der Waals surface area contributed by atoms with Gasteiger partial charge in [0.2, 0.25) is 0 Å². The molecular weight excluding hydrogens is 902 g/mol. The van der Waals surface area contributed by atoms with Crippen LogP contribution >= 0.6 is 22.6 Å². The van der Waals surface area contributed by atoms with E-state index in [-0.39, 0.29) is 47.0 Å². The van der Waals surface area contributed by atoms with Gasteiger partial charge in [0.15, 0.2) is 6.54 Å². The van der Waals surface area contributed by atoms with E-state index in [0.29, 0.717) is 40.9 Å². The van der Waals surface area contributed by atoms with Gasteiger partial charge in [0.05, 0.1) is 6.54 Å². The van der Waals surface area contributed by atoms with Gasteiger partial charge in [-0.1, -0.05) is 0 Å². The second kappa shape index (κ2) is 15.3. The molecular formula is C35H49I2N6O7S+. The molecule has 280 valence electrons. The Labute approximate surface area is 324 Å². The predicted molar refractivity (Wildman–Crippen MR) is 197 cm³/mol. The summed E-state index contributed by atoms with van der Waals surface area (Å²) in [7, 11) is -2.66.